The van der Waals surface area contributed by atoms with Crippen molar-refractivity contribution < 1.29 is 19.0 Å². The quantitative estimate of drug-likeness (QED) is 0.870. The third-order valence-corrected chi connectivity index (χ3v) is 3.82. The monoisotopic (exact) mass is 306 g/mol. The molecule has 1 aliphatic heterocycles. The lowest BCUT2D eigenvalue weighted by Crippen LogP contribution is -2.34. The van der Waals surface area contributed by atoms with Crippen molar-refractivity contribution in [2.75, 3.05) is 20.2 Å². The number of aromatic amines is 1. The molecule has 1 aromatic carbocycles. The molecule has 0 spiro atoms. The molecular weight excluding hydrogens is 291 g/mol. The van der Waals surface area contributed by atoms with Gasteiger partial charge in [-0.1, -0.05) is 0 Å². The van der Waals surface area contributed by atoms with E-state index in [0.717, 1.165) is 0 Å². The number of likely N-dealkylation sites (tertiary alicyclic amines) is 1. The van der Waals surface area contributed by atoms with Crippen LogP contribution in [0.1, 0.15) is 22.5 Å². The fourth-order valence-corrected chi connectivity index (χ4v) is 2.58. The molecule has 22 heavy (non-hydrogen) atoms. The first-order valence-electron chi connectivity index (χ1n) is 6.75. The topological polar surface area (TPSA) is 91.3 Å². The van der Waals surface area contributed by atoms with Crippen LogP contribution in [-0.4, -0.2) is 51.5 Å². The Kier molecular flexibility index (Phi) is 3.53. The molecule has 1 aliphatic rings. The maximum Gasteiger partial charge on any atom is 0.254 e. The third-order valence-electron chi connectivity index (χ3n) is 3.82. The van der Waals surface area contributed by atoms with Gasteiger partial charge in [0, 0.05) is 18.5 Å². The first kappa shape index (κ1) is 14.5. The summed E-state index contributed by atoms with van der Waals surface area (Å²) in [5, 5.41) is 20.6. The van der Waals surface area contributed by atoms with E-state index >= 15 is 0 Å². The minimum absolute atomic E-state index is 0.0109. The largest absolute Gasteiger partial charge is 0.494 e. The molecule has 8 heteroatoms. The van der Waals surface area contributed by atoms with E-state index < -0.39 is 11.4 Å². The van der Waals surface area contributed by atoms with Gasteiger partial charge < -0.3 is 14.7 Å². The van der Waals surface area contributed by atoms with Gasteiger partial charge in [-0.25, -0.2) is 4.39 Å². The number of halogens is 1. The minimum atomic E-state index is -1.22. The Bertz CT molecular complexity index is 691. The summed E-state index contributed by atoms with van der Waals surface area (Å²) in [7, 11) is 1.34. The molecular formula is C14H15FN4O3. The van der Waals surface area contributed by atoms with Crippen LogP contribution in [0.5, 0.6) is 5.75 Å². The van der Waals surface area contributed by atoms with E-state index in [0.29, 0.717) is 24.2 Å². The number of benzene rings is 1. The van der Waals surface area contributed by atoms with Crippen molar-refractivity contribution in [3.05, 3.63) is 41.5 Å². The van der Waals surface area contributed by atoms with E-state index in [1.807, 2.05) is 0 Å². The van der Waals surface area contributed by atoms with Crippen LogP contribution in [0.2, 0.25) is 0 Å². The van der Waals surface area contributed by atoms with E-state index in [9.17, 15) is 14.3 Å². The lowest BCUT2D eigenvalue weighted by Gasteiger charge is -2.21. The van der Waals surface area contributed by atoms with Crippen LogP contribution in [0.25, 0.3) is 0 Å². The highest BCUT2D eigenvalue weighted by molar-refractivity contribution is 5.94. The molecule has 116 valence electrons. The Morgan fingerprint density at radius 3 is 3.05 bits per heavy atom. The van der Waals surface area contributed by atoms with Crippen molar-refractivity contribution in [3.63, 3.8) is 0 Å². The van der Waals surface area contributed by atoms with Crippen LogP contribution in [0.3, 0.4) is 0 Å². The number of rotatable bonds is 3. The number of aromatic nitrogens is 3. The molecule has 1 aromatic heterocycles. The van der Waals surface area contributed by atoms with Crippen LogP contribution < -0.4 is 4.74 Å². The molecule has 3 rings (SSSR count). The number of hydrogen-bond acceptors (Lipinski definition) is 5. The molecule has 0 saturated carbocycles. The highest BCUT2D eigenvalue weighted by atomic mass is 19.1. The van der Waals surface area contributed by atoms with Gasteiger partial charge >= 0.3 is 0 Å². The van der Waals surface area contributed by atoms with Gasteiger partial charge in [-0.3, -0.25) is 4.79 Å². The van der Waals surface area contributed by atoms with Crippen LogP contribution in [0.15, 0.2) is 24.4 Å². The number of carbonyl (C=O) groups is 1. The van der Waals surface area contributed by atoms with Crippen molar-refractivity contribution in [3.8, 4) is 5.75 Å². The molecule has 1 atom stereocenters. The molecule has 2 N–H and O–H groups in total. The maximum absolute atomic E-state index is 13.4. The van der Waals surface area contributed by atoms with Gasteiger partial charge in [0.25, 0.3) is 5.91 Å². The summed E-state index contributed by atoms with van der Waals surface area (Å²) in [6, 6.07) is 3.94. The van der Waals surface area contributed by atoms with E-state index in [1.165, 1.54) is 36.4 Å². The molecule has 0 radical (unpaired) electrons. The van der Waals surface area contributed by atoms with E-state index in [2.05, 4.69) is 15.4 Å². The second-order valence-corrected chi connectivity index (χ2v) is 5.21. The standard InChI is InChI=1S/C14H15FN4O3/c1-22-11-6-9(2-3-10(11)15)13(20)19-5-4-14(21,8-19)12-7-16-18-17-12/h2-3,6-7,21H,4-5,8H2,1H3,(H,16,17,18)/t14-/m1/s1. The molecule has 1 fully saturated rings. The average molecular weight is 306 g/mol. The number of nitrogens with zero attached hydrogens (tertiary/aromatic N) is 3. The third kappa shape index (κ3) is 2.41. The summed E-state index contributed by atoms with van der Waals surface area (Å²) in [4.78, 5) is 14.0. The number of β-amino-alcohol motifs (C(OH)–C–C–N with tert-alkyl or cyclic N) is 1. The first-order valence-corrected chi connectivity index (χ1v) is 6.75. The molecule has 1 amide bonds. The Hall–Kier alpha value is -2.48. The zero-order valence-corrected chi connectivity index (χ0v) is 11.9. The Morgan fingerprint density at radius 2 is 2.36 bits per heavy atom. The fraction of sp³-hybridized carbons (Fsp3) is 0.357. The summed E-state index contributed by atoms with van der Waals surface area (Å²) >= 11 is 0. The van der Waals surface area contributed by atoms with Gasteiger partial charge in [-0.05, 0) is 18.2 Å². The summed E-state index contributed by atoms with van der Waals surface area (Å²) in [6.45, 7) is 0.486. The minimum Gasteiger partial charge on any atom is -0.494 e. The normalized spacial score (nSPS) is 21.1. The van der Waals surface area contributed by atoms with Crippen molar-refractivity contribution in [1.82, 2.24) is 20.3 Å². The Balaban J connectivity index is 1.80. The molecule has 0 unspecified atom stereocenters. The second-order valence-electron chi connectivity index (χ2n) is 5.21. The molecule has 2 aromatic rings. The van der Waals surface area contributed by atoms with Crippen molar-refractivity contribution in [2.45, 2.75) is 12.0 Å². The van der Waals surface area contributed by atoms with Crippen molar-refractivity contribution in [2.24, 2.45) is 0 Å². The SMILES string of the molecule is COc1cc(C(=O)N2CC[C@](O)(c3cn[nH]n3)C2)ccc1F. The number of carbonyl (C=O) groups excluding carboxylic acids is 1. The van der Waals surface area contributed by atoms with E-state index in [-0.39, 0.29) is 18.2 Å². The fourth-order valence-electron chi connectivity index (χ4n) is 2.58. The van der Waals surface area contributed by atoms with Gasteiger partial charge in [0.15, 0.2) is 11.6 Å². The summed E-state index contributed by atoms with van der Waals surface area (Å²) < 4.78 is 18.3. The van der Waals surface area contributed by atoms with Crippen LogP contribution in [0, 0.1) is 5.82 Å². The molecule has 0 aliphatic carbocycles. The van der Waals surface area contributed by atoms with Gasteiger partial charge in [-0.2, -0.15) is 15.4 Å². The molecule has 2 heterocycles. The van der Waals surface area contributed by atoms with Crippen LogP contribution in [-0.2, 0) is 5.60 Å². The summed E-state index contributed by atoms with van der Waals surface area (Å²) in [5.74, 6) is -0.811. The maximum atomic E-state index is 13.4. The van der Waals surface area contributed by atoms with E-state index in [1.54, 1.807) is 0 Å². The number of aliphatic hydroxyl groups is 1. The Labute approximate surface area is 125 Å². The zero-order chi connectivity index (χ0) is 15.7. The molecule has 0 bridgehead atoms. The van der Waals surface area contributed by atoms with Crippen molar-refractivity contribution in [1.29, 1.82) is 0 Å². The van der Waals surface area contributed by atoms with Gasteiger partial charge in [0.1, 0.15) is 11.3 Å². The smallest absolute Gasteiger partial charge is 0.254 e. The van der Waals surface area contributed by atoms with Gasteiger partial charge in [0.2, 0.25) is 0 Å². The number of H-pyrrole nitrogens is 1. The zero-order valence-electron chi connectivity index (χ0n) is 11.9. The number of hydrogen-bond donors (Lipinski definition) is 2. The number of nitrogens with one attached hydrogen (secondary N) is 1. The Morgan fingerprint density at radius 1 is 1.55 bits per heavy atom. The summed E-state index contributed by atoms with van der Waals surface area (Å²) in [5.41, 5.74) is -0.505. The van der Waals surface area contributed by atoms with E-state index in [4.69, 9.17) is 4.74 Å². The number of amides is 1. The lowest BCUT2D eigenvalue weighted by atomic mass is 10.00. The highest BCUT2D eigenvalue weighted by Crippen LogP contribution is 2.31. The average Bonchev–Trinajstić information content (AvgIpc) is 3.17. The predicted molar refractivity (Wildman–Crippen MR) is 73.8 cm³/mol. The van der Waals surface area contributed by atoms with Gasteiger partial charge in [-0.15, -0.1) is 0 Å². The summed E-state index contributed by atoms with van der Waals surface area (Å²) in [6.07, 6.45) is 1.80. The number of methoxy groups -OCH3 is 1. The van der Waals surface area contributed by atoms with Crippen LogP contribution in [0.4, 0.5) is 4.39 Å². The molecule has 1 saturated heterocycles. The lowest BCUT2D eigenvalue weighted by molar-refractivity contribution is 0.0382. The van der Waals surface area contributed by atoms with Crippen LogP contribution >= 0.6 is 0 Å². The second kappa shape index (κ2) is 5.38. The van der Waals surface area contributed by atoms with Gasteiger partial charge in [0.05, 0.1) is 19.9 Å². The van der Waals surface area contributed by atoms with Crippen molar-refractivity contribution >= 4 is 5.91 Å². The highest BCUT2D eigenvalue weighted by Gasteiger charge is 2.41. The number of ether oxygens (including phenoxy) is 1. The molecule has 7 nitrogen and oxygen atoms in total. The first-order chi connectivity index (χ1) is 10.5. The predicted octanol–water partition coefficient (Wildman–Crippen LogP) is 0.686.